The molecule has 0 heterocycles. The first-order chi connectivity index (χ1) is 18.1. The molecule has 0 saturated carbocycles. The van der Waals surface area contributed by atoms with E-state index in [1.54, 1.807) is 25.1 Å². The van der Waals surface area contributed by atoms with Crippen molar-refractivity contribution in [2.24, 2.45) is 0 Å². The molecule has 202 valence electrons. The Morgan fingerprint density at radius 3 is 2.16 bits per heavy atom. The first-order valence-corrected chi connectivity index (χ1v) is 14.0. The highest BCUT2D eigenvalue weighted by molar-refractivity contribution is 7.92. The van der Waals surface area contributed by atoms with E-state index in [1.165, 1.54) is 35.2 Å². The smallest absolute Gasteiger partial charge is 0.264 e. The van der Waals surface area contributed by atoms with E-state index in [4.69, 9.17) is 0 Å². The fraction of sp³-hybridized carbons (Fsp3) is 0.310. The van der Waals surface area contributed by atoms with Crippen LogP contribution < -0.4 is 9.62 Å². The molecule has 0 saturated heterocycles. The fourth-order valence-corrected chi connectivity index (χ4v) is 5.35. The van der Waals surface area contributed by atoms with Crippen LogP contribution in [0.25, 0.3) is 0 Å². The van der Waals surface area contributed by atoms with Crippen LogP contribution in [0.4, 0.5) is 10.1 Å². The van der Waals surface area contributed by atoms with Gasteiger partial charge < -0.3 is 10.2 Å². The predicted molar refractivity (Wildman–Crippen MR) is 146 cm³/mol. The highest BCUT2D eigenvalue weighted by atomic mass is 32.2. The van der Waals surface area contributed by atoms with Gasteiger partial charge in [0.2, 0.25) is 11.8 Å². The maximum absolute atomic E-state index is 14.9. The number of carbonyl (C=O) groups is 2. The summed E-state index contributed by atoms with van der Waals surface area (Å²) in [7, 11) is -4.31. The molecule has 0 aliphatic rings. The molecule has 9 heteroatoms. The molecule has 0 spiro atoms. The minimum Gasteiger partial charge on any atom is -0.352 e. The summed E-state index contributed by atoms with van der Waals surface area (Å²) in [6, 6.07) is 19.4. The Kier molecular flexibility index (Phi) is 9.63. The molecule has 0 radical (unpaired) electrons. The molecule has 3 rings (SSSR count). The number of nitrogens with zero attached hydrogens (tertiary/aromatic N) is 2. The number of nitrogens with one attached hydrogen (secondary N) is 1. The number of para-hydroxylation sites is 1. The minimum atomic E-state index is -4.31. The third kappa shape index (κ3) is 6.77. The number of carbonyl (C=O) groups excluding carboxylic acids is 2. The molecule has 1 N–H and O–H groups in total. The second-order valence-corrected chi connectivity index (χ2v) is 11.1. The van der Waals surface area contributed by atoms with Gasteiger partial charge in [0.15, 0.2) is 0 Å². The Bertz CT molecular complexity index is 1370. The minimum absolute atomic E-state index is 0.0796. The highest BCUT2D eigenvalue weighted by Gasteiger charge is 2.33. The molecule has 38 heavy (non-hydrogen) atoms. The van der Waals surface area contributed by atoms with Gasteiger partial charge in [-0.25, -0.2) is 12.8 Å². The predicted octanol–water partition coefficient (Wildman–Crippen LogP) is 4.66. The molecular weight excluding hydrogens is 505 g/mol. The first kappa shape index (κ1) is 28.8. The van der Waals surface area contributed by atoms with Gasteiger partial charge in [-0.1, -0.05) is 61.5 Å². The number of hydrogen-bond donors (Lipinski definition) is 1. The molecule has 3 aromatic carbocycles. The van der Waals surface area contributed by atoms with Crippen molar-refractivity contribution in [2.75, 3.05) is 10.8 Å². The van der Waals surface area contributed by atoms with E-state index in [2.05, 4.69) is 5.32 Å². The summed E-state index contributed by atoms with van der Waals surface area (Å²) in [5.74, 6) is -1.78. The van der Waals surface area contributed by atoms with Crippen molar-refractivity contribution < 1.29 is 22.4 Å². The Morgan fingerprint density at radius 1 is 0.921 bits per heavy atom. The molecule has 2 amide bonds. The van der Waals surface area contributed by atoms with Gasteiger partial charge in [-0.05, 0) is 62.6 Å². The Labute approximate surface area is 224 Å². The van der Waals surface area contributed by atoms with Crippen LogP contribution in [0.1, 0.15) is 38.3 Å². The second kappa shape index (κ2) is 12.7. The molecule has 0 aliphatic carbocycles. The van der Waals surface area contributed by atoms with Crippen LogP contribution >= 0.6 is 0 Å². The summed E-state index contributed by atoms with van der Waals surface area (Å²) in [5, 5.41) is 2.89. The summed E-state index contributed by atoms with van der Waals surface area (Å²) >= 11 is 0. The van der Waals surface area contributed by atoms with Gasteiger partial charge in [-0.3, -0.25) is 13.9 Å². The number of aryl methyl sites for hydroxylation is 1. The van der Waals surface area contributed by atoms with E-state index >= 15 is 0 Å². The van der Waals surface area contributed by atoms with Crippen LogP contribution in [0.15, 0.2) is 83.8 Å². The zero-order chi connectivity index (χ0) is 27.9. The van der Waals surface area contributed by atoms with Gasteiger partial charge in [-0.15, -0.1) is 0 Å². The molecule has 7 nitrogen and oxygen atoms in total. The van der Waals surface area contributed by atoms with E-state index in [0.717, 1.165) is 21.5 Å². The SMILES string of the molecule is CC[C@H](C)NC(=O)[C@@H](C)N(Cc1ccccc1C)C(=O)CN(c1ccccc1F)S(=O)(=O)c1ccccc1. The lowest BCUT2D eigenvalue weighted by atomic mass is 10.1. The number of hydrogen-bond acceptors (Lipinski definition) is 4. The Morgan fingerprint density at radius 2 is 1.53 bits per heavy atom. The van der Waals surface area contributed by atoms with Crippen LogP contribution in [0, 0.1) is 12.7 Å². The van der Waals surface area contributed by atoms with E-state index in [9.17, 15) is 22.4 Å². The van der Waals surface area contributed by atoms with Crippen molar-refractivity contribution in [3.05, 3.63) is 95.8 Å². The number of amides is 2. The van der Waals surface area contributed by atoms with Crippen molar-refractivity contribution in [1.82, 2.24) is 10.2 Å². The van der Waals surface area contributed by atoms with Crippen LogP contribution in [-0.2, 0) is 26.2 Å². The monoisotopic (exact) mass is 539 g/mol. The summed E-state index contributed by atoms with van der Waals surface area (Å²) in [6.07, 6.45) is 0.709. The number of anilines is 1. The maximum atomic E-state index is 14.9. The second-order valence-electron chi connectivity index (χ2n) is 9.22. The van der Waals surface area contributed by atoms with Gasteiger partial charge in [0, 0.05) is 12.6 Å². The molecule has 0 aliphatic heterocycles. The van der Waals surface area contributed by atoms with E-state index in [-0.39, 0.29) is 29.1 Å². The van der Waals surface area contributed by atoms with E-state index in [1.807, 2.05) is 45.0 Å². The summed E-state index contributed by atoms with van der Waals surface area (Å²) in [6.45, 7) is 6.69. The van der Waals surface area contributed by atoms with Crippen molar-refractivity contribution in [3.63, 3.8) is 0 Å². The topological polar surface area (TPSA) is 86.8 Å². The van der Waals surface area contributed by atoms with Crippen molar-refractivity contribution in [2.45, 2.75) is 57.6 Å². The van der Waals surface area contributed by atoms with Crippen LogP contribution in [-0.4, -0.2) is 43.8 Å². The molecule has 0 bridgehead atoms. The molecule has 0 unspecified atom stereocenters. The number of halogens is 1. The molecule has 2 atom stereocenters. The summed E-state index contributed by atoms with van der Waals surface area (Å²) in [4.78, 5) is 28.2. The van der Waals surface area contributed by atoms with E-state index in [0.29, 0.717) is 6.42 Å². The molecule has 0 fully saturated rings. The maximum Gasteiger partial charge on any atom is 0.264 e. The highest BCUT2D eigenvalue weighted by Crippen LogP contribution is 2.27. The first-order valence-electron chi connectivity index (χ1n) is 12.5. The number of benzene rings is 3. The third-order valence-corrected chi connectivity index (χ3v) is 8.28. The quantitative estimate of drug-likeness (QED) is 0.384. The van der Waals surface area contributed by atoms with Gasteiger partial charge in [0.25, 0.3) is 10.0 Å². The third-order valence-electron chi connectivity index (χ3n) is 6.50. The molecular formula is C29H34FN3O4S. The van der Waals surface area contributed by atoms with Gasteiger partial charge in [-0.2, -0.15) is 0 Å². The van der Waals surface area contributed by atoms with Crippen molar-refractivity contribution >= 4 is 27.5 Å². The zero-order valence-electron chi connectivity index (χ0n) is 22.1. The fourth-order valence-electron chi connectivity index (χ4n) is 3.91. The van der Waals surface area contributed by atoms with Gasteiger partial charge in [0.1, 0.15) is 18.4 Å². The van der Waals surface area contributed by atoms with Crippen LogP contribution in [0.3, 0.4) is 0 Å². The largest absolute Gasteiger partial charge is 0.352 e. The average Bonchev–Trinajstić information content (AvgIpc) is 2.91. The number of sulfonamides is 1. The van der Waals surface area contributed by atoms with Crippen LogP contribution in [0.2, 0.25) is 0 Å². The zero-order valence-corrected chi connectivity index (χ0v) is 22.9. The van der Waals surface area contributed by atoms with Crippen molar-refractivity contribution in [1.29, 1.82) is 0 Å². The molecule has 0 aromatic heterocycles. The standard InChI is InChI=1S/C29H34FN3O4S/c1-5-22(3)31-29(35)23(4)32(19-24-14-10-9-13-21(24)2)28(34)20-33(27-18-12-11-17-26(27)30)38(36,37)25-15-7-6-8-16-25/h6-18,22-23H,5,19-20H2,1-4H3,(H,31,35)/t22-,23+/m0/s1. The summed E-state index contributed by atoms with van der Waals surface area (Å²) < 4.78 is 43.0. The Hall–Kier alpha value is -3.72. The lowest BCUT2D eigenvalue weighted by molar-refractivity contribution is -0.139. The normalized spacial score (nSPS) is 12.9. The Balaban J connectivity index is 2.04. The van der Waals surface area contributed by atoms with Gasteiger partial charge in [0.05, 0.1) is 10.6 Å². The lowest BCUT2D eigenvalue weighted by Gasteiger charge is -2.32. The summed E-state index contributed by atoms with van der Waals surface area (Å²) in [5.41, 5.74) is 1.48. The average molecular weight is 540 g/mol. The van der Waals surface area contributed by atoms with E-state index < -0.39 is 34.3 Å². The van der Waals surface area contributed by atoms with Crippen LogP contribution in [0.5, 0.6) is 0 Å². The number of rotatable bonds is 11. The van der Waals surface area contributed by atoms with Gasteiger partial charge >= 0.3 is 0 Å². The van der Waals surface area contributed by atoms with Crippen molar-refractivity contribution in [3.8, 4) is 0 Å². The molecule has 3 aromatic rings. The lowest BCUT2D eigenvalue weighted by Crippen LogP contribution is -2.52.